The molecule has 150 valence electrons. The smallest absolute Gasteiger partial charge is 0.406 e. The Morgan fingerprint density at radius 2 is 1.68 bits per heavy atom. The van der Waals surface area contributed by atoms with Gasteiger partial charge in [0.15, 0.2) is 0 Å². The first kappa shape index (κ1) is 20.4. The fourth-order valence-electron chi connectivity index (χ4n) is 3.64. The Balaban J connectivity index is 1.76. The largest absolute Gasteiger partial charge is 0.573 e. The fourth-order valence-corrected chi connectivity index (χ4v) is 3.64. The van der Waals surface area contributed by atoms with Crippen LogP contribution in [-0.4, -0.2) is 6.36 Å². The molecular formula is C23H24F4O. The summed E-state index contributed by atoms with van der Waals surface area (Å²) < 4.78 is 55.8. The maximum Gasteiger partial charge on any atom is 0.573 e. The number of unbranched alkanes of at least 4 members (excludes halogenated alkanes) is 3. The third kappa shape index (κ3) is 5.15. The minimum Gasteiger partial charge on any atom is -0.406 e. The van der Waals surface area contributed by atoms with Gasteiger partial charge in [0.1, 0.15) is 11.6 Å². The van der Waals surface area contributed by atoms with E-state index in [1.807, 2.05) is 6.07 Å². The van der Waals surface area contributed by atoms with Crippen molar-refractivity contribution in [2.45, 2.75) is 58.2 Å². The SMILES string of the molecule is CCCCCCC1=Cc2ccc(-c3ccc(OC(F)(F)F)cc3)c(F)c2CC1. The predicted molar refractivity (Wildman–Crippen MR) is 104 cm³/mol. The normalized spacial score (nSPS) is 13.8. The van der Waals surface area contributed by atoms with Gasteiger partial charge >= 0.3 is 6.36 Å². The molecule has 0 amide bonds. The first-order valence-electron chi connectivity index (χ1n) is 9.74. The van der Waals surface area contributed by atoms with Gasteiger partial charge in [0.2, 0.25) is 0 Å². The van der Waals surface area contributed by atoms with E-state index in [1.165, 1.54) is 55.5 Å². The highest BCUT2D eigenvalue weighted by Crippen LogP contribution is 2.34. The zero-order valence-electron chi connectivity index (χ0n) is 15.9. The molecule has 0 saturated heterocycles. The van der Waals surface area contributed by atoms with E-state index >= 15 is 4.39 Å². The molecule has 0 aromatic heterocycles. The highest BCUT2D eigenvalue weighted by Gasteiger charge is 2.31. The molecule has 0 heterocycles. The second-order valence-corrected chi connectivity index (χ2v) is 7.18. The number of rotatable bonds is 7. The highest BCUT2D eigenvalue weighted by molar-refractivity contribution is 5.71. The molecule has 0 radical (unpaired) electrons. The molecule has 3 rings (SSSR count). The highest BCUT2D eigenvalue weighted by atomic mass is 19.4. The standard InChI is InChI=1S/C23H24F4O/c1-2-3-4-5-6-16-7-13-21-18(15-16)10-14-20(22(21)24)17-8-11-19(12-9-17)28-23(25,26)27/h8-12,14-15H,2-7,13H2,1H3. The molecule has 5 heteroatoms. The minimum atomic E-state index is -4.74. The molecule has 0 unspecified atom stereocenters. The van der Waals surface area contributed by atoms with E-state index in [-0.39, 0.29) is 11.6 Å². The second kappa shape index (κ2) is 8.80. The lowest BCUT2D eigenvalue weighted by Crippen LogP contribution is -2.16. The molecule has 28 heavy (non-hydrogen) atoms. The van der Waals surface area contributed by atoms with Gasteiger partial charge in [0, 0.05) is 5.56 Å². The van der Waals surface area contributed by atoms with Crippen LogP contribution in [0.25, 0.3) is 17.2 Å². The van der Waals surface area contributed by atoms with E-state index in [2.05, 4.69) is 17.7 Å². The molecule has 0 fully saturated rings. The lowest BCUT2D eigenvalue weighted by atomic mass is 9.87. The molecule has 2 aromatic carbocycles. The van der Waals surface area contributed by atoms with Crippen LogP contribution in [0.4, 0.5) is 17.6 Å². The Kier molecular flexibility index (Phi) is 6.42. The molecule has 0 bridgehead atoms. The Hall–Kier alpha value is -2.30. The topological polar surface area (TPSA) is 9.23 Å². The van der Waals surface area contributed by atoms with Gasteiger partial charge in [0.05, 0.1) is 0 Å². The van der Waals surface area contributed by atoms with E-state index in [9.17, 15) is 13.2 Å². The Bertz CT molecular complexity index is 835. The van der Waals surface area contributed by atoms with Crippen molar-refractivity contribution >= 4 is 6.08 Å². The Morgan fingerprint density at radius 1 is 0.929 bits per heavy atom. The van der Waals surface area contributed by atoms with Crippen LogP contribution in [0, 0.1) is 5.82 Å². The van der Waals surface area contributed by atoms with Crippen LogP contribution in [0.3, 0.4) is 0 Å². The Labute approximate surface area is 163 Å². The molecule has 0 saturated carbocycles. The summed E-state index contributed by atoms with van der Waals surface area (Å²) in [6, 6.07) is 8.91. The van der Waals surface area contributed by atoms with Crippen LogP contribution in [0.2, 0.25) is 0 Å². The van der Waals surface area contributed by atoms with Crippen molar-refractivity contribution in [2.75, 3.05) is 0 Å². The van der Waals surface area contributed by atoms with Gasteiger partial charge in [-0.2, -0.15) is 0 Å². The first-order valence-corrected chi connectivity index (χ1v) is 9.74. The zero-order chi connectivity index (χ0) is 20.1. The maximum absolute atomic E-state index is 15.1. The number of ether oxygens (including phenoxy) is 1. The molecule has 1 aliphatic rings. The summed E-state index contributed by atoms with van der Waals surface area (Å²) in [6.45, 7) is 2.19. The number of halogens is 4. The molecule has 1 aliphatic carbocycles. The number of hydrogen-bond acceptors (Lipinski definition) is 1. The van der Waals surface area contributed by atoms with Crippen LogP contribution in [0.5, 0.6) is 5.75 Å². The lowest BCUT2D eigenvalue weighted by Gasteiger charge is -2.19. The predicted octanol–water partition coefficient (Wildman–Crippen LogP) is 7.69. The van der Waals surface area contributed by atoms with Crippen LogP contribution >= 0.6 is 0 Å². The minimum absolute atomic E-state index is 0.289. The molecule has 0 N–H and O–H groups in total. The van der Waals surface area contributed by atoms with Gasteiger partial charge in [-0.25, -0.2) is 4.39 Å². The number of allylic oxidation sites excluding steroid dienone is 1. The summed E-state index contributed by atoms with van der Waals surface area (Å²) in [4.78, 5) is 0. The van der Waals surface area contributed by atoms with Crippen molar-refractivity contribution in [3.8, 4) is 16.9 Å². The maximum atomic E-state index is 15.1. The first-order chi connectivity index (χ1) is 13.4. The monoisotopic (exact) mass is 392 g/mol. The van der Waals surface area contributed by atoms with Gasteiger partial charge in [-0.15, -0.1) is 13.2 Å². The molecule has 1 nitrogen and oxygen atoms in total. The third-order valence-corrected chi connectivity index (χ3v) is 5.09. The average Bonchev–Trinajstić information content (AvgIpc) is 2.65. The van der Waals surface area contributed by atoms with Crippen LogP contribution in [0.1, 0.15) is 56.6 Å². The zero-order valence-corrected chi connectivity index (χ0v) is 15.9. The van der Waals surface area contributed by atoms with Crippen molar-refractivity contribution in [3.05, 3.63) is 58.9 Å². The second-order valence-electron chi connectivity index (χ2n) is 7.18. The van der Waals surface area contributed by atoms with Crippen LogP contribution < -0.4 is 4.74 Å². The van der Waals surface area contributed by atoms with E-state index < -0.39 is 6.36 Å². The summed E-state index contributed by atoms with van der Waals surface area (Å²) in [5, 5.41) is 0. The summed E-state index contributed by atoms with van der Waals surface area (Å²) >= 11 is 0. The van der Waals surface area contributed by atoms with Gasteiger partial charge in [-0.3, -0.25) is 0 Å². The lowest BCUT2D eigenvalue weighted by molar-refractivity contribution is -0.274. The summed E-state index contributed by atoms with van der Waals surface area (Å²) in [6.07, 6.45) is 4.78. The number of alkyl halides is 3. The number of benzene rings is 2. The number of fused-ring (bicyclic) bond motifs is 1. The fraction of sp³-hybridized carbons (Fsp3) is 0.391. The van der Waals surface area contributed by atoms with Gasteiger partial charge in [0.25, 0.3) is 0 Å². The summed E-state index contributed by atoms with van der Waals surface area (Å²) in [5.41, 5.74) is 3.89. The van der Waals surface area contributed by atoms with Gasteiger partial charge in [-0.1, -0.05) is 62.1 Å². The quantitative estimate of drug-likeness (QED) is 0.347. The van der Waals surface area contributed by atoms with Crippen LogP contribution in [-0.2, 0) is 6.42 Å². The Morgan fingerprint density at radius 3 is 2.36 bits per heavy atom. The van der Waals surface area contributed by atoms with Crippen molar-refractivity contribution in [1.82, 2.24) is 0 Å². The molecule has 0 aliphatic heterocycles. The van der Waals surface area contributed by atoms with Crippen LogP contribution in [0.15, 0.2) is 42.0 Å². The molecule has 2 aromatic rings. The third-order valence-electron chi connectivity index (χ3n) is 5.09. The molecule has 0 atom stereocenters. The molecule has 0 spiro atoms. The molecular weight excluding hydrogens is 368 g/mol. The summed E-state index contributed by atoms with van der Waals surface area (Å²) in [7, 11) is 0. The van der Waals surface area contributed by atoms with E-state index in [4.69, 9.17) is 0 Å². The van der Waals surface area contributed by atoms with Crippen molar-refractivity contribution in [1.29, 1.82) is 0 Å². The number of hydrogen-bond donors (Lipinski definition) is 0. The van der Waals surface area contributed by atoms with Crippen molar-refractivity contribution in [2.24, 2.45) is 0 Å². The van der Waals surface area contributed by atoms with Crippen molar-refractivity contribution < 1.29 is 22.3 Å². The van der Waals surface area contributed by atoms with E-state index in [1.54, 1.807) is 6.07 Å². The average molecular weight is 392 g/mol. The van der Waals surface area contributed by atoms with Gasteiger partial charge < -0.3 is 4.74 Å². The van der Waals surface area contributed by atoms with Crippen molar-refractivity contribution in [3.63, 3.8) is 0 Å². The van der Waals surface area contributed by atoms with E-state index in [0.717, 1.165) is 18.4 Å². The van der Waals surface area contributed by atoms with Gasteiger partial charge in [-0.05, 0) is 54.5 Å². The van der Waals surface area contributed by atoms with E-state index in [0.29, 0.717) is 23.1 Å². The summed E-state index contributed by atoms with van der Waals surface area (Å²) in [5.74, 6) is -0.603.